The predicted molar refractivity (Wildman–Crippen MR) is 113 cm³/mol. The number of nitrogens with two attached hydrogens (primary N) is 2. The molecular weight excluding hydrogens is 434 g/mol. The van der Waals surface area contributed by atoms with Gasteiger partial charge in [0, 0.05) is 44.4 Å². The Labute approximate surface area is 182 Å². The summed E-state index contributed by atoms with van der Waals surface area (Å²) in [5.41, 5.74) is 8.67. The number of carboxylic acids is 1. The summed E-state index contributed by atoms with van der Waals surface area (Å²) in [6.45, 7) is 1.36. The lowest BCUT2D eigenvalue weighted by Gasteiger charge is -2.28. The van der Waals surface area contributed by atoms with Crippen molar-refractivity contribution in [2.45, 2.75) is 30.9 Å². The molecule has 1 aliphatic carbocycles. The molecule has 2 aromatic rings. The van der Waals surface area contributed by atoms with E-state index in [0.717, 1.165) is 12.6 Å². The van der Waals surface area contributed by atoms with Gasteiger partial charge in [0.25, 0.3) is 0 Å². The number of benzene rings is 1. The zero-order valence-electron chi connectivity index (χ0n) is 16.6. The Morgan fingerprint density at radius 1 is 1.29 bits per heavy atom. The normalized spacial score (nSPS) is 25.0. The van der Waals surface area contributed by atoms with Gasteiger partial charge in [0.15, 0.2) is 11.6 Å². The molecule has 0 spiro atoms. The van der Waals surface area contributed by atoms with Crippen LogP contribution < -0.4 is 21.8 Å². The van der Waals surface area contributed by atoms with Gasteiger partial charge in [0.05, 0.1) is 16.6 Å². The van der Waals surface area contributed by atoms with Crippen LogP contribution in [0.5, 0.6) is 0 Å². The Morgan fingerprint density at radius 2 is 2.00 bits per heavy atom. The second kappa shape index (κ2) is 7.32. The molecule has 2 aliphatic heterocycles. The van der Waals surface area contributed by atoms with Crippen molar-refractivity contribution in [3.8, 4) is 0 Å². The number of hydrogen-bond donors (Lipinski definition) is 3. The first-order valence-corrected chi connectivity index (χ1v) is 9.96. The van der Waals surface area contributed by atoms with Crippen LogP contribution in [0.3, 0.4) is 0 Å². The fraction of sp³-hybridized carbons (Fsp3) is 0.500. The summed E-state index contributed by atoms with van der Waals surface area (Å²) in [4.78, 5) is 25.8. The molecule has 2 unspecified atom stereocenters. The van der Waals surface area contributed by atoms with E-state index in [2.05, 4.69) is 0 Å². The number of ether oxygens (including phenoxy) is 1. The number of fused-ring (bicyclic) bond motifs is 2. The van der Waals surface area contributed by atoms with Gasteiger partial charge in [-0.2, -0.15) is 0 Å². The van der Waals surface area contributed by atoms with E-state index >= 15 is 8.78 Å². The Kier molecular flexibility index (Phi) is 5.14. The number of hydrogen-bond acceptors (Lipinski definition) is 6. The highest BCUT2D eigenvalue weighted by Gasteiger charge is 2.51. The summed E-state index contributed by atoms with van der Waals surface area (Å²) in [5, 5.41) is 8.95. The van der Waals surface area contributed by atoms with E-state index in [1.165, 1.54) is 4.57 Å². The fourth-order valence-electron chi connectivity index (χ4n) is 4.95. The first-order valence-electron chi connectivity index (χ1n) is 9.96. The van der Waals surface area contributed by atoms with Crippen molar-refractivity contribution in [1.82, 2.24) is 4.57 Å². The minimum atomic E-state index is -1.46. The molecule has 1 aromatic carbocycles. The van der Waals surface area contributed by atoms with Gasteiger partial charge < -0.3 is 30.8 Å². The Balaban J connectivity index is 0.00000231. The molecule has 3 fully saturated rings. The van der Waals surface area contributed by atoms with Gasteiger partial charge in [-0.3, -0.25) is 4.79 Å². The van der Waals surface area contributed by atoms with Crippen LogP contribution in [0.4, 0.5) is 20.2 Å². The van der Waals surface area contributed by atoms with Crippen LogP contribution in [0.1, 0.15) is 35.7 Å². The van der Waals surface area contributed by atoms with Gasteiger partial charge in [0.1, 0.15) is 16.9 Å². The third-order valence-electron chi connectivity index (χ3n) is 6.70. The van der Waals surface area contributed by atoms with Gasteiger partial charge >= 0.3 is 5.97 Å². The lowest BCUT2D eigenvalue weighted by Crippen LogP contribution is -2.44. The number of nitrogens with zero attached hydrogens (tertiary/aromatic N) is 2. The van der Waals surface area contributed by atoms with Crippen LogP contribution in [-0.2, 0) is 4.74 Å². The smallest absolute Gasteiger partial charge is 0.341 e. The molecule has 5 rings (SSSR count). The Bertz CT molecular complexity index is 1150. The van der Waals surface area contributed by atoms with E-state index < -0.39 is 45.3 Å². The molecule has 3 heterocycles. The number of carbonyl (C=O) groups is 1. The van der Waals surface area contributed by atoms with E-state index in [4.69, 9.17) is 16.2 Å². The van der Waals surface area contributed by atoms with Crippen molar-refractivity contribution in [2.24, 2.45) is 11.7 Å². The molecule has 2 atom stereocenters. The van der Waals surface area contributed by atoms with Gasteiger partial charge in [-0.15, -0.1) is 12.4 Å². The van der Waals surface area contributed by atoms with Crippen molar-refractivity contribution in [3.05, 3.63) is 33.6 Å². The molecule has 1 aromatic heterocycles. The first-order chi connectivity index (χ1) is 14.3. The highest BCUT2D eigenvalue weighted by molar-refractivity contribution is 5.99. The molecule has 0 bridgehead atoms. The molecule has 31 heavy (non-hydrogen) atoms. The number of nitrogen functional groups attached to an aromatic ring is 1. The molecular formula is C20H23ClF2N4O4. The predicted octanol–water partition coefficient (Wildman–Crippen LogP) is 1.87. The lowest BCUT2D eigenvalue weighted by atomic mass is 9.91. The van der Waals surface area contributed by atoms with Crippen molar-refractivity contribution in [2.75, 3.05) is 36.9 Å². The Hall–Kier alpha value is -2.43. The molecule has 0 amide bonds. The average molecular weight is 457 g/mol. The van der Waals surface area contributed by atoms with Gasteiger partial charge in [-0.05, 0) is 19.3 Å². The van der Waals surface area contributed by atoms with E-state index in [0.29, 0.717) is 26.0 Å². The second-order valence-corrected chi connectivity index (χ2v) is 8.41. The summed E-state index contributed by atoms with van der Waals surface area (Å²) in [6.07, 6.45) is 3.30. The van der Waals surface area contributed by atoms with E-state index in [-0.39, 0.29) is 48.7 Å². The number of anilines is 2. The third-order valence-corrected chi connectivity index (χ3v) is 6.70. The molecule has 2 saturated heterocycles. The molecule has 5 N–H and O–H groups in total. The van der Waals surface area contributed by atoms with Crippen molar-refractivity contribution < 1.29 is 23.4 Å². The third kappa shape index (κ3) is 3.00. The van der Waals surface area contributed by atoms with E-state index in [1.54, 1.807) is 4.90 Å². The molecule has 11 heteroatoms. The van der Waals surface area contributed by atoms with Crippen LogP contribution >= 0.6 is 12.4 Å². The maximum absolute atomic E-state index is 15.8. The summed E-state index contributed by atoms with van der Waals surface area (Å²) in [5.74, 6) is -3.40. The number of rotatable bonds is 4. The highest BCUT2D eigenvalue weighted by atomic mass is 35.5. The SMILES string of the molecule is Cl.NCC12CN(c3c(F)c(N)c4c(=O)c(C(=O)O)cn(C5CC5)c4c3F)CC1CCO2. The first kappa shape index (κ1) is 21.8. The number of pyridine rings is 1. The average Bonchev–Trinajstić information content (AvgIpc) is 3.38. The summed E-state index contributed by atoms with van der Waals surface area (Å²) < 4.78 is 38.4. The van der Waals surface area contributed by atoms with Crippen LogP contribution in [0.15, 0.2) is 11.0 Å². The van der Waals surface area contributed by atoms with Crippen LogP contribution in [-0.4, -0.2) is 47.5 Å². The van der Waals surface area contributed by atoms with Gasteiger partial charge in [0.2, 0.25) is 5.43 Å². The summed E-state index contributed by atoms with van der Waals surface area (Å²) in [7, 11) is 0. The number of aromatic carboxylic acids is 1. The largest absolute Gasteiger partial charge is 0.477 e. The van der Waals surface area contributed by atoms with Crippen LogP contribution in [0.2, 0.25) is 0 Å². The standard InChI is InChI=1S/C20H22F2N4O4.ClH/c21-13-15(24)12-16(26(10-1-2-10)6-11(18(12)27)19(28)29)14(22)17(13)25-5-9-3-4-30-20(9,7-23)8-25;/h6,9-10H,1-5,7-8,23-24H2,(H,28,29);1H. The number of aromatic nitrogens is 1. The number of carboxylic acid groups (broad SMARTS) is 1. The van der Waals surface area contributed by atoms with E-state index in [1.807, 2.05) is 0 Å². The van der Waals surface area contributed by atoms with Gasteiger partial charge in [-0.1, -0.05) is 0 Å². The van der Waals surface area contributed by atoms with Crippen molar-refractivity contribution in [1.29, 1.82) is 0 Å². The molecule has 168 valence electrons. The van der Waals surface area contributed by atoms with Crippen molar-refractivity contribution >= 4 is 40.7 Å². The topological polar surface area (TPSA) is 124 Å². The maximum atomic E-state index is 15.8. The highest BCUT2D eigenvalue weighted by Crippen LogP contribution is 2.45. The molecule has 0 radical (unpaired) electrons. The zero-order chi connectivity index (χ0) is 21.4. The van der Waals surface area contributed by atoms with Gasteiger partial charge in [-0.25, -0.2) is 13.6 Å². The van der Waals surface area contributed by atoms with Crippen molar-refractivity contribution in [3.63, 3.8) is 0 Å². The summed E-state index contributed by atoms with van der Waals surface area (Å²) >= 11 is 0. The monoisotopic (exact) mass is 456 g/mol. The minimum absolute atomic E-state index is 0. The fourth-order valence-corrected chi connectivity index (χ4v) is 4.95. The molecule has 8 nitrogen and oxygen atoms in total. The second-order valence-electron chi connectivity index (χ2n) is 8.41. The van der Waals surface area contributed by atoms with E-state index in [9.17, 15) is 14.7 Å². The number of halogens is 3. The maximum Gasteiger partial charge on any atom is 0.341 e. The molecule has 3 aliphatic rings. The Morgan fingerprint density at radius 3 is 2.58 bits per heavy atom. The van der Waals surface area contributed by atoms with Crippen LogP contribution in [0.25, 0.3) is 10.9 Å². The van der Waals surface area contributed by atoms with Crippen LogP contribution in [0, 0.1) is 17.6 Å². The lowest BCUT2D eigenvalue weighted by molar-refractivity contribution is 0.0126. The molecule has 1 saturated carbocycles. The minimum Gasteiger partial charge on any atom is -0.477 e. The summed E-state index contributed by atoms with van der Waals surface area (Å²) in [6, 6.07) is -0.157. The quantitative estimate of drug-likeness (QED) is 0.600. The zero-order valence-corrected chi connectivity index (χ0v) is 17.4.